The largest absolute Gasteiger partial charge is 0.481 e. The van der Waals surface area contributed by atoms with Crippen molar-refractivity contribution in [1.82, 2.24) is 10.2 Å². The van der Waals surface area contributed by atoms with E-state index in [0.717, 1.165) is 0 Å². The van der Waals surface area contributed by atoms with Crippen molar-refractivity contribution in [2.24, 2.45) is 5.92 Å². The summed E-state index contributed by atoms with van der Waals surface area (Å²) >= 11 is 5.27. The van der Waals surface area contributed by atoms with Crippen LogP contribution in [0.15, 0.2) is 24.3 Å². The molecule has 1 amide bonds. The number of carboxylic acids is 1. The van der Waals surface area contributed by atoms with Gasteiger partial charge < -0.3 is 10.0 Å². The summed E-state index contributed by atoms with van der Waals surface area (Å²) in [6.07, 6.45) is 1.10. The summed E-state index contributed by atoms with van der Waals surface area (Å²) in [4.78, 5) is 25.0. The van der Waals surface area contributed by atoms with E-state index in [0.29, 0.717) is 42.5 Å². The zero-order chi connectivity index (χ0) is 17.0. The second kappa shape index (κ2) is 7.55. The molecule has 1 aliphatic heterocycles. The van der Waals surface area contributed by atoms with Gasteiger partial charge in [-0.1, -0.05) is 26.0 Å². The highest BCUT2D eigenvalue weighted by Crippen LogP contribution is 2.18. The smallest absolute Gasteiger partial charge is 0.306 e. The molecule has 1 heterocycles. The van der Waals surface area contributed by atoms with Gasteiger partial charge in [-0.3, -0.25) is 14.9 Å². The van der Waals surface area contributed by atoms with Gasteiger partial charge in [0.25, 0.3) is 5.91 Å². The van der Waals surface area contributed by atoms with Crippen molar-refractivity contribution in [3.63, 3.8) is 0 Å². The predicted octanol–water partition coefficient (Wildman–Crippen LogP) is 2.62. The van der Waals surface area contributed by atoms with Gasteiger partial charge in [0.05, 0.1) is 5.92 Å². The van der Waals surface area contributed by atoms with Crippen LogP contribution >= 0.6 is 12.2 Å². The van der Waals surface area contributed by atoms with Crippen LogP contribution < -0.4 is 5.32 Å². The molecule has 6 heteroatoms. The van der Waals surface area contributed by atoms with Crippen LogP contribution in [0.3, 0.4) is 0 Å². The van der Waals surface area contributed by atoms with E-state index in [-0.39, 0.29) is 11.8 Å². The van der Waals surface area contributed by atoms with Crippen LogP contribution in [0.1, 0.15) is 48.5 Å². The molecule has 124 valence electrons. The lowest BCUT2D eigenvalue weighted by Crippen LogP contribution is -2.47. The fourth-order valence-corrected chi connectivity index (χ4v) is 2.87. The second-order valence-corrected chi connectivity index (χ2v) is 6.52. The maximum atomic E-state index is 12.2. The molecular formula is C17H22N2O3S. The summed E-state index contributed by atoms with van der Waals surface area (Å²) in [5.41, 5.74) is 1.75. The quantitative estimate of drug-likeness (QED) is 0.832. The highest BCUT2D eigenvalue weighted by atomic mass is 32.1. The number of hydrogen-bond acceptors (Lipinski definition) is 3. The Bertz CT molecular complexity index is 590. The Morgan fingerprint density at radius 1 is 1.22 bits per heavy atom. The minimum absolute atomic E-state index is 0.231. The molecule has 0 spiro atoms. The molecule has 2 rings (SSSR count). The Morgan fingerprint density at radius 2 is 1.78 bits per heavy atom. The van der Waals surface area contributed by atoms with Gasteiger partial charge >= 0.3 is 5.97 Å². The number of nitrogens with one attached hydrogen (secondary N) is 1. The number of rotatable bonds is 3. The van der Waals surface area contributed by atoms with Gasteiger partial charge in [0.15, 0.2) is 5.11 Å². The van der Waals surface area contributed by atoms with Crippen molar-refractivity contribution in [3.05, 3.63) is 35.4 Å². The monoisotopic (exact) mass is 334 g/mol. The van der Waals surface area contributed by atoms with Crippen LogP contribution in [0.4, 0.5) is 0 Å². The fraction of sp³-hybridized carbons (Fsp3) is 0.471. The van der Waals surface area contributed by atoms with Gasteiger partial charge in [0.2, 0.25) is 0 Å². The van der Waals surface area contributed by atoms with Crippen LogP contribution in [-0.2, 0) is 4.79 Å². The highest BCUT2D eigenvalue weighted by Gasteiger charge is 2.26. The minimum atomic E-state index is -0.759. The zero-order valence-corrected chi connectivity index (χ0v) is 14.2. The van der Waals surface area contributed by atoms with Crippen molar-refractivity contribution < 1.29 is 14.7 Å². The van der Waals surface area contributed by atoms with E-state index < -0.39 is 5.97 Å². The Balaban J connectivity index is 1.90. The van der Waals surface area contributed by atoms with E-state index in [4.69, 9.17) is 17.3 Å². The molecule has 0 saturated carbocycles. The van der Waals surface area contributed by atoms with E-state index in [9.17, 15) is 9.59 Å². The first-order valence-electron chi connectivity index (χ1n) is 7.81. The molecule has 0 aromatic heterocycles. The van der Waals surface area contributed by atoms with Crippen molar-refractivity contribution in [2.75, 3.05) is 13.1 Å². The van der Waals surface area contributed by atoms with Crippen LogP contribution in [-0.4, -0.2) is 40.1 Å². The van der Waals surface area contributed by atoms with Gasteiger partial charge in [0.1, 0.15) is 0 Å². The number of piperidine rings is 1. The van der Waals surface area contributed by atoms with E-state index >= 15 is 0 Å². The van der Waals surface area contributed by atoms with Gasteiger partial charge in [-0.2, -0.15) is 0 Å². The van der Waals surface area contributed by atoms with Crippen LogP contribution in [0.5, 0.6) is 0 Å². The first-order chi connectivity index (χ1) is 10.9. The number of amides is 1. The molecule has 1 aliphatic rings. The van der Waals surface area contributed by atoms with Crippen LogP contribution in [0, 0.1) is 5.92 Å². The maximum absolute atomic E-state index is 12.2. The van der Waals surface area contributed by atoms with E-state index in [1.165, 1.54) is 5.56 Å². The fourth-order valence-electron chi connectivity index (χ4n) is 2.60. The molecule has 2 N–H and O–H groups in total. The van der Waals surface area contributed by atoms with Gasteiger partial charge in [0, 0.05) is 18.7 Å². The normalized spacial score (nSPS) is 15.5. The number of nitrogens with zero attached hydrogens (tertiary/aromatic N) is 1. The summed E-state index contributed by atoms with van der Waals surface area (Å²) in [6, 6.07) is 7.48. The first kappa shape index (κ1) is 17.4. The molecule has 0 radical (unpaired) electrons. The van der Waals surface area contributed by atoms with Crippen molar-refractivity contribution >= 4 is 29.2 Å². The second-order valence-electron chi connectivity index (χ2n) is 6.14. The lowest BCUT2D eigenvalue weighted by Gasteiger charge is -2.31. The number of carboxylic acid groups (broad SMARTS) is 1. The van der Waals surface area contributed by atoms with Gasteiger partial charge in [-0.25, -0.2) is 0 Å². The average molecular weight is 334 g/mol. The first-order valence-corrected chi connectivity index (χ1v) is 8.22. The standard InChI is InChI=1S/C17H22N2O3S/c1-11(2)12-3-5-13(6-4-12)15(20)18-17(23)19-9-7-14(8-10-19)16(21)22/h3-6,11,14H,7-10H2,1-2H3,(H,21,22)(H,18,20,23). The molecule has 5 nitrogen and oxygen atoms in total. The van der Waals surface area contributed by atoms with Crippen molar-refractivity contribution in [3.8, 4) is 0 Å². The summed E-state index contributed by atoms with van der Waals surface area (Å²) < 4.78 is 0. The summed E-state index contributed by atoms with van der Waals surface area (Å²) in [7, 11) is 0. The zero-order valence-electron chi connectivity index (χ0n) is 13.4. The van der Waals surface area contributed by atoms with Crippen molar-refractivity contribution in [2.45, 2.75) is 32.6 Å². The average Bonchev–Trinajstić information content (AvgIpc) is 2.54. The molecular weight excluding hydrogens is 312 g/mol. The van der Waals surface area contributed by atoms with E-state index in [1.807, 2.05) is 17.0 Å². The van der Waals surface area contributed by atoms with Gasteiger partial charge in [-0.05, 0) is 48.7 Å². The number of benzene rings is 1. The molecule has 1 fully saturated rings. The Kier molecular flexibility index (Phi) is 5.71. The summed E-state index contributed by atoms with van der Waals surface area (Å²) in [5.74, 6) is -0.882. The predicted molar refractivity (Wildman–Crippen MR) is 92.5 cm³/mol. The SMILES string of the molecule is CC(C)c1ccc(C(=O)NC(=S)N2CCC(C(=O)O)CC2)cc1. The summed E-state index contributed by atoms with van der Waals surface area (Å²) in [6.45, 7) is 5.32. The highest BCUT2D eigenvalue weighted by molar-refractivity contribution is 7.80. The molecule has 0 atom stereocenters. The lowest BCUT2D eigenvalue weighted by molar-refractivity contribution is -0.143. The third-order valence-corrected chi connectivity index (χ3v) is 4.55. The molecule has 0 aliphatic carbocycles. The number of thiocarbonyl (C=S) groups is 1. The molecule has 0 bridgehead atoms. The number of carbonyl (C=O) groups excluding carboxylic acids is 1. The molecule has 1 aromatic carbocycles. The maximum Gasteiger partial charge on any atom is 0.306 e. The number of likely N-dealkylation sites (tertiary alicyclic amines) is 1. The third-order valence-electron chi connectivity index (χ3n) is 4.19. The van der Waals surface area contributed by atoms with Crippen molar-refractivity contribution in [1.29, 1.82) is 0 Å². The summed E-state index contributed by atoms with van der Waals surface area (Å²) in [5, 5.41) is 12.1. The molecule has 1 saturated heterocycles. The number of aliphatic carboxylic acids is 1. The number of hydrogen-bond donors (Lipinski definition) is 2. The molecule has 0 unspecified atom stereocenters. The molecule has 23 heavy (non-hydrogen) atoms. The Hall–Kier alpha value is -1.95. The van der Waals surface area contributed by atoms with Crippen LogP contribution in [0.2, 0.25) is 0 Å². The number of carbonyl (C=O) groups is 2. The minimum Gasteiger partial charge on any atom is -0.481 e. The third kappa shape index (κ3) is 4.51. The van der Waals surface area contributed by atoms with E-state index in [2.05, 4.69) is 19.2 Å². The van der Waals surface area contributed by atoms with Crippen LogP contribution in [0.25, 0.3) is 0 Å². The van der Waals surface area contributed by atoms with Gasteiger partial charge in [-0.15, -0.1) is 0 Å². The topological polar surface area (TPSA) is 69.6 Å². The Morgan fingerprint density at radius 3 is 2.26 bits per heavy atom. The Labute approximate surface area is 141 Å². The van der Waals surface area contributed by atoms with E-state index in [1.54, 1.807) is 12.1 Å². The molecule has 1 aromatic rings. The lowest BCUT2D eigenvalue weighted by atomic mass is 9.97.